The van der Waals surface area contributed by atoms with E-state index in [0.717, 1.165) is 42.0 Å². The summed E-state index contributed by atoms with van der Waals surface area (Å²) >= 11 is 0. The number of carbonyl (C=O) groups is 1. The van der Waals surface area contributed by atoms with Gasteiger partial charge < -0.3 is 14.1 Å². The maximum atomic E-state index is 13.3. The van der Waals surface area contributed by atoms with E-state index in [9.17, 15) is 4.79 Å². The van der Waals surface area contributed by atoms with Gasteiger partial charge in [0.15, 0.2) is 0 Å². The summed E-state index contributed by atoms with van der Waals surface area (Å²) in [5.41, 5.74) is 2.38. The molecule has 1 atom stereocenters. The van der Waals surface area contributed by atoms with Crippen LogP contribution < -0.4 is 4.74 Å². The maximum Gasteiger partial charge on any atom is 0.275 e. The van der Waals surface area contributed by atoms with Crippen LogP contribution in [-0.2, 0) is 11.8 Å². The van der Waals surface area contributed by atoms with Gasteiger partial charge in [0.25, 0.3) is 5.91 Å². The number of benzene rings is 1. The molecule has 1 N–H and O–H groups in total. The van der Waals surface area contributed by atoms with Crippen molar-refractivity contribution in [3.05, 3.63) is 65.1 Å². The Bertz CT molecular complexity index is 1050. The fraction of sp³-hybridized carbons (Fsp3) is 0.458. The minimum absolute atomic E-state index is 0.0796. The highest BCUT2D eigenvalue weighted by Gasteiger charge is 2.33. The number of aromatic nitrogens is 3. The van der Waals surface area contributed by atoms with Crippen LogP contribution in [0.5, 0.6) is 5.75 Å². The molecule has 1 aliphatic heterocycles. The smallest absolute Gasteiger partial charge is 0.275 e. The quantitative estimate of drug-likeness (QED) is 0.646. The van der Waals surface area contributed by atoms with Crippen LogP contribution in [0.15, 0.2) is 40.9 Å². The highest BCUT2D eigenvalue weighted by Crippen LogP contribution is 2.32. The average molecular weight is 423 g/mol. The third-order valence-electron chi connectivity index (χ3n) is 5.74. The number of aromatic amines is 1. The van der Waals surface area contributed by atoms with Crippen LogP contribution in [0.4, 0.5) is 0 Å². The monoisotopic (exact) mass is 422 g/mol. The second kappa shape index (κ2) is 8.57. The Labute approximate surface area is 182 Å². The third-order valence-corrected chi connectivity index (χ3v) is 5.74. The first-order chi connectivity index (χ1) is 14.8. The van der Waals surface area contributed by atoms with Gasteiger partial charge in [0.1, 0.15) is 23.2 Å². The molecule has 1 amide bonds. The van der Waals surface area contributed by atoms with Crippen LogP contribution in [0.3, 0.4) is 0 Å². The van der Waals surface area contributed by atoms with Crippen molar-refractivity contribution >= 4 is 5.91 Å². The highest BCUT2D eigenvalue weighted by molar-refractivity contribution is 5.92. The number of amides is 1. The van der Waals surface area contributed by atoms with Gasteiger partial charge in [-0.1, -0.05) is 32.9 Å². The normalized spacial score (nSPS) is 17.0. The van der Waals surface area contributed by atoms with E-state index in [1.807, 2.05) is 35.2 Å². The molecule has 1 saturated heterocycles. The SMILES string of the molecule is COc1cccc(Cc2cnc(C3CCCCN3C(=O)c3cc(C(C)(C)C)[nH]n3)o2)c1. The zero-order chi connectivity index (χ0) is 22.0. The Morgan fingerprint density at radius 1 is 1.29 bits per heavy atom. The number of oxazole rings is 1. The zero-order valence-electron chi connectivity index (χ0n) is 18.6. The minimum Gasteiger partial charge on any atom is -0.497 e. The van der Waals surface area contributed by atoms with Crippen molar-refractivity contribution in [2.24, 2.45) is 0 Å². The molecule has 0 bridgehead atoms. The van der Waals surface area contributed by atoms with E-state index in [1.54, 1.807) is 13.3 Å². The van der Waals surface area contributed by atoms with Gasteiger partial charge in [-0.3, -0.25) is 9.89 Å². The highest BCUT2D eigenvalue weighted by atomic mass is 16.5. The predicted molar refractivity (Wildman–Crippen MR) is 117 cm³/mol. The van der Waals surface area contributed by atoms with Crippen LogP contribution in [0.2, 0.25) is 0 Å². The first-order valence-electron chi connectivity index (χ1n) is 10.8. The Morgan fingerprint density at radius 3 is 2.87 bits per heavy atom. The fourth-order valence-corrected chi connectivity index (χ4v) is 3.94. The summed E-state index contributed by atoms with van der Waals surface area (Å²) in [5.74, 6) is 2.10. The first-order valence-corrected chi connectivity index (χ1v) is 10.8. The molecule has 1 fully saturated rings. The van der Waals surface area contributed by atoms with Crippen molar-refractivity contribution in [2.45, 2.75) is 57.9 Å². The Morgan fingerprint density at radius 2 is 2.13 bits per heavy atom. The molecule has 0 aliphatic carbocycles. The number of carbonyl (C=O) groups excluding carboxylic acids is 1. The minimum atomic E-state index is -0.171. The summed E-state index contributed by atoms with van der Waals surface area (Å²) in [7, 11) is 1.66. The molecule has 3 heterocycles. The molecule has 1 unspecified atom stereocenters. The number of ether oxygens (including phenoxy) is 1. The second-order valence-electron chi connectivity index (χ2n) is 9.12. The van der Waals surface area contributed by atoms with E-state index in [0.29, 0.717) is 24.6 Å². The van der Waals surface area contributed by atoms with Gasteiger partial charge in [0.2, 0.25) is 5.89 Å². The summed E-state index contributed by atoms with van der Waals surface area (Å²) < 4.78 is 11.4. The largest absolute Gasteiger partial charge is 0.497 e. The lowest BCUT2D eigenvalue weighted by Crippen LogP contribution is -2.38. The number of rotatable bonds is 5. The number of H-pyrrole nitrogens is 1. The Hall–Kier alpha value is -3.09. The summed E-state index contributed by atoms with van der Waals surface area (Å²) in [6.45, 7) is 6.95. The van der Waals surface area contributed by atoms with E-state index in [4.69, 9.17) is 9.15 Å². The van der Waals surface area contributed by atoms with Crippen LogP contribution in [0.25, 0.3) is 0 Å². The van der Waals surface area contributed by atoms with Crippen molar-refractivity contribution in [1.29, 1.82) is 0 Å². The van der Waals surface area contributed by atoms with Crippen LogP contribution in [-0.4, -0.2) is 39.6 Å². The third kappa shape index (κ3) is 4.65. The molecule has 0 saturated carbocycles. The van der Waals surface area contributed by atoms with Gasteiger partial charge in [0, 0.05) is 24.1 Å². The van der Waals surface area contributed by atoms with Gasteiger partial charge >= 0.3 is 0 Å². The van der Waals surface area contributed by atoms with E-state index < -0.39 is 0 Å². The van der Waals surface area contributed by atoms with Crippen LogP contribution in [0.1, 0.15) is 79.5 Å². The number of likely N-dealkylation sites (tertiary alicyclic amines) is 1. The lowest BCUT2D eigenvalue weighted by molar-refractivity contribution is 0.0564. The second-order valence-corrected chi connectivity index (χ2v) is 9.12. The summed E-state index contributed by atoms with van der Waals surface area (Å²) in [6, 6.07) is 9.59. The summed E-state index contributed by atoms with van der Waals surface area (Å²) in [5, 5.41) is 7.30. The molecule has 7 heteroatoms. The molecule has 3 aromatic rings. The van der Waals surface area contributed by atoms with Crippen molar-refractivity contribution < 1.29 is 13.9 Å². The molecule has 7 nitrogen and oxygen atoms in total. The number of nitrogens with zero attached hydrogens (tertiary/aromatic N) is 3. The number of methoxy groups -OCH3 is 1. The topological polar surface area (TPSA) is 84.2 Å². The van der Waals surface area contributed by atoms with E-state index in [1.165, 1.54) is 0 Å². The Kier molecular flexibility index (Phi) is 5.85. The predicted octanol–water partition coefficient (Wildman–Crippen LogP) is 4.66. The fourth-order valence-electron chi connectivity index (χ4n) is 3.94. The molecular formula is C24H30N4O3. The van der Waals surface area contributed by atoms with Gasteiger partial charge in [-0.05, 0) is 43.0 Å². The van der Waals surface area contributed by atoms with E-state index >= 15 is 0 Å². The lowest BCUT2D eigenvalue weighted by atomic mass is 9.92. The zero-order valence-corrected chi connectivity index (χ0v) is 18.6. The van der Waals surface area contributed by atoms with E-state index in [-0.39, 0.29) is 17.4 Å². The molecule has 2 aromatic heterocycles. The van der Waals surface area contributed by atoms with Crippen LogP contribution >= 0.6 is 0 Å². The molecule has 0 radical (unpaired) electrons. The lowest BCUT2D eigenvalue weighted by Gasteiger charge is -2.33. The van der Waals surface area contributed by atoms with Crippen molar-refractivity contribution in [3.63, 3.8) is 0 Å². The number of hydrogen-bond acceptors (Lipinski definition) is 5. The maximum absolute atomic E-state index is 13.3. The summed E-state index contributed by atoms with van der Waals surface area (Å²) in [6.07, 6.45) is 5.23. The molecule has 0 spiro atoms. The first kappa shape index (κ1) is 21.2. The molecular weight excluding hydrogens is 392 g/mol. The molecule has 1 aliphatic rings. The van der Waals surface area contributed by atoms with Crippen molar-refractivity contribution in [1.82, 2.24) is 20.1 Å². The van der Waals surface area contributed by atoms with E-state index in [2.05, 4.69) is 36.0 Å². The molecule has 164 valence electrons. The van der Waals surface area contributed by atoms with Gasteiger partial charge in [-0.15, -0.1) is 0 Å². The van der Waals surface area contributed by atoms with Gasteiger partial charge in [-0.2, -0.15) is 5.10 Å². The molecule has 31 heavy (non-hydrogen) atoms. The van der Waals surface area contributed by atoms with Gasteiger partial charge in [0.05, 0.1) is 13.3 Å². The van der Waals surface area contributed by atoms with Crippen molar-refractivity contribution in [3.8, 4) is 5.75 Å². The number of hydrogen-bond donors (Lipinski definition) is 1. The van der Waals surface area contributed by atoms with Crippen LogP contribution in [0, 0.1) is 0 Å². The van der Waals surface area contributed by atoms with Gasteiger partial charge in [-0.25, -0.2) is 4.98 Å². The molecule has 1 aromatic carbocycles. The Balaban J connectivity index is 1.52. The number of piperidine rings is 1. The summed E-state index contributed by atoms with van der Waals surface area (Å²) in [4.78, 5) is 19.6. The average Bonchev–Trinajstić information content (AvgIpc) is 3.43. The van der Waals surface area contributed by atoms with Crippen molar-refractivity contribution in [2.75, 3.05) is 13.7 Å². The number of nitrogens with one attached hydrogen (secondary N) is 1. The standard InChI is InChI=1S/C24H30N4O3/c1-24(2,3)21-14-19(26-27-21)23(29)28-11-6-5-10-20(28)22-25-15-18(31-22)13-16-8-7-9-17(12-16)30-4/h7-9,12,14-15,20H,5-6,10-11,13H2,1-4H3,(H,26,27). The molecule has 4 rings (SSSR count).